The van der Waals surface area contributed by atoms with Crippen LogP contribution in [-0.2, 0) is 16.1 Å². The molecule has 0 aromatic carbocycles. The first-order valence-corrected chi connectivity index (χ1v) is 10.7. The molecule has 1 saturated heterocycles. The van der Waals surface area contributed by atoms with Gasteiger partial charge in [0.25, 0.3) is 0 Å². The van der Waals surface area contributed by atoms with Gasteiger partial charge >= 0.3 is 6.18 Å². The molecule has 1 aromatic rings. The summed E-state index contributed by atoms with van der Waals surface area (Å²) in [5.41, 5.74) is 0. The lowest BCUT2D eigenvalue weighted by Gasteiger charge is -2.28. The number of anilines is 1. The zero-order valence-electron chi connectivity index (χ0n) is 15.7. The molecular weight excluding hydrogens is 395 g/mol. The summed E-state index contributed by atoms with van der Waals surface area (Å²) >= 11 is 1.13. The third-order valence-electron chi connectivity index (χ3n) is 4.86. The van der Waals surface area contributed by atoms with E-state index in [4.69, 9.17) is 4.74 Å². The molecule has 1 saturated carbocycles. The summed E-state index contributed by atoms with van der Waals surface area (Å²) in [5.74, 6) is 0.502. The smallest absolute Gasteiger partial charge is 0.378 e. The number of hydrogen-bond acceptors (Lipinski definition) is 6. The number of alkyl halides is 3. The molecule has 1 amide bonds. The Morgan fingerprint density at radius 1 is 1.18 bits per heavy atom. The van der Waals surface area contributed by atoms with Crippen LogP contribution < -0.4 is 10.2 Å². The molecule has 28 heavy (non-hydrogen) atoms. The fraction of sp³-hybridized carbons (Fsp3) is 0.824. The Morgan fingerprint density at radius 3 is 2.57 bits per heavy atom. The highest BCUT2D eigenvalue weighted by atomic mass is 32.2. The van der Waals surface area contributed by atoms with E-state index in [2.05, 4.69) is 15.5 Å². The number of halogens is 3. The van der Waals surface area contributed by atoms with E-state index < -0.39 is 12.7 Å². The van der Waals surface area contributed by atoms with E-state index in [9.17, 15) is 18.0 Å². The van der Waals surface area contributed by atoms with Crippen LogP contribution in [0.4, 0.5) is 19.1 Å². The van der Waals surface area contributed by atoms with Crippen LogP contribution in [0.3, 0.4) is 0 Å². The zero-order chi connectivity index (χ0) is 20.0. The summed E-state index contributed by atoms with van der Waals surface area (Å²) in [7, 11) is 0. The number of carbonyl (C=O) groups is 1. The van der Waals surface area contributed by atoms with Gasteiger partial charge < -0.3 is 15.0 Å². The van der Waals surface area contributed by atoms with Gasteiger partial charge in [0.1, 0.15) is 6.54 Å². The van der Waals surface area contributed by atoms with Crippen LogP contribution in [0.25, 0.3) is 0 Å². The number of amides is 1. The number of morpholine rings is 1. The van der Waals surface area contributed by atoms with Crippen molar-refractivity contribution in [2.24, 2.45) is 0 Å². The van der Waals surface area contributed by atoms with Crippen molar-refractivity contribution in [1.82, 2.24) is 20.1 Å². The molecule has 7 nitrogen and oxygen atoms in total. The summed E-state index contributed by atoms with van der Waals surface area (Å²) in [6, 6.07) is 0.230. The minimum absolute atomic E-state index is 0.0605. The molecule has 1 aliphatic heterocycles. The van der Waals surface area contributed by atoms with Gasteiger partial charge in [-0.1, -0.05) is 31.0 Å². The Kier molecular flexibility index (Phi) is 7.44. The SMILES string of the molecule is O=C(CCSc1nnc(N2CCOCC2)n1CC(F)(F)F)NC1CCCCC1. The Hall–Kier alpha value is -1.49. The van der Waals surface area contributed by atoms with Gasteiger partial charge in [0.05, 0.1) is 13.2 Å². The molecular formula is C17H26F3N5O2S. The average Bonchev–Trinajstić information content (AvgIpc) is 3.04. The molecule has 0 bridgehead atoms. The Labute approximate surface area is 166 Å². The molecule has 0 spiro atoms. The topological polar surface area (TPSA) is 72.3 Å². The van der Waals surface area contributed by atoms with Gasteiger partial charge in [-0.05, 0) is 12.8 Å². The quantitative estimate of drug-likeness (QED) is 0.683. The zero-order valence-corrected chi connectivity index (χ0v) is 16.5. The van der Waals surface area contributed by atoms with Gasteiger partial charge in [0.15, 0.2) is 5.16 Å². The van der Waals surface area contributed by atoms with E-state index in [1.54, 1.807) is 4.90 Å². The fourth-order valence-electron chi connectivity index (χ4n) is 3.48. The van der Waals surface area contributed by atoms with Crippen LogP contribution in [0, 0.1) is 0 Å². The van der Waals surface area contributed by atoms with Crippen molar-refractivity contribution in [1.29, 1.82) is 0 Å². The van der Waals surface area contributed by atoms with Crippen LogP contribution in [0.5, 0.6) is 0 Å². The number of nitrogens with one attached hydrogen (secondary N) is 1. The van der Waals surface area contributed by atoms with Crippen molar-refractivity contribution in [3.63, 3.8) is 0 Å². The van der Waals surface area contributed by atoms with E-state index in [-0.39, 0.29) is 29.5 Å². The molecule has 1 aliphatic carbocycles. The minimum atomic E-state index is -4.38. The molecule has 0 atom stereocenters. The van der Waals surface area contributed by atoms with Gasteiger partial charge in [-0.25, -0.2) is 0 Å². The van der Waals surface area contributed by atoms with Crippen LogP contribution in [-0.4, -0.2) is 64.9 Å². The van der Waals surface area contributed by atoms with Gasteiger partial charge in [-0.2, -0.15) is 13.2 Å². The molecule has 2 heterocycles. The molecule has 2 aliphatic rings. The first-order chi connectivity index (χ1) is 13.4. The van der Waals surface area contributed by atoms with Crippen molar-refractivity contribution in [2.45, 2.75) is 62.4 Å². The van der Waals surface area contributed by atoms with Gasteiger partial charge in [0.2, 0.25) is 11.9 Å². The Balaban J connectivity index is 1.57. The van der Waals surface area contributed by atoms with E-state index in [0.29, 0.717) is 32.1 Å². The first-order valence-electron chi connectivity index (χ1n) is 9.67. The maximum Gasteiger partial charge on any atom is 0.406 e. The predicted molar refractivity (Wildman–Crippen MR) is 99.5 cm³/mol. The van der Waals surface area contributed by atoms with Crippen LogP contribution >= 0.6 is 11.8 Å². The number of aromatic nitrogens is 3. The molecule has 1 N–H and O–H groups in total. The molecule has 1 aromatic heterocycles. The second-order valence-electron chi connectivity index (χ2n) is 7.08. The van der Waals surface area contributed by atoms with Crippen molar-refractivity contribution in [3.05, 3.63) is 0 Å². The van der Waals surface area contributed by atoms with E-state index in [0.717, 1.165) is 42.0 Å². The molecule has 0 unspecified atom stereocenters. The number of thioether (sulfide) groups is 1. The van der Waals surface area contributed by atoms with Crippen molar-refractivity contribution < 1.29 is 22.7 Å². The van der Waals surface area contributed by atoms with E-state index >= 15 is 0 Å². The lowest BCUT2D eigenvalue weighted by atomic mass is 9.95. The lowest BCUT2D eigenvalue weighted by molar-refractivity contribution is -0.141. The second kappa shape index (κ2) is 9.82. The molecule has 2 fully saturated rings. The molecule has 3 rings (SSSR count). The van der Waals surface area contributed by atoms with E-state index in [1.165, 1.54) is 6.42 Å². The summed E-state index contributed by atoms with van der Waals surface area (Å²) in [5, 5.41) is 11.1. The number of hydrogen-bond donors (Lipinski definition) is 1. The van der Waals surface area contributed by atoms with Crippen LogP contribution in [0.2, 0.25) is 0 Å². The number of ether oxygens (including phenoxy) is 1. The minimum Gasteiger partial charge on any atom is -0.378 e. The van der Waals surface area contributed by atoms with E-state index in [1.807, 2.05) is 0 Å². The molecule has 0 radical (unpaired) electrons. The highest BCUT2D eigenvalue weighted by molar-refractivity contribution is 7.99. The van der Waals surface area contributed by atoms with Gasteiger partial charge in [-0.3, -0.25) is 9.36 Å². The third kappa shape index (κ3) is 6.26. The summed E-state index contributed by atoms with van der Waals surface area (Å²) < 4.78 is 45.5. The molecule has 11 heteroatoms. The largest absolute Gasteiger partial charge is 0.406 e. The number of carbonyl (C=O) groups excluding carboxylic acids is 1. The van der Waals surface area contributed by atoms with Crippen molar-refractivity contribution >= 4 is 23.6 Å². The predicted octanol–water partition coefficient (Wildman–Crippen LogP) is 2.61. The highest BCUT2D eigenvalue weighted by Crippen LogP contribution is 2.28. The number of nitrogens with zero attached hydrogens (tertiary/aromatic N) is 4. The normalized spacial score (nSPS) is 19.0. The van der Waals surface area contributed by atoms with Gasteiger partial charge in [-0.15, -0.1) is 10.2 Å². The second-order valence-corrected chi connectivity index (χ2v) is 8.15. The van der Waals surface area contributed by atoms with Crippen LogP contribution in [0.1, 0.15) is 38.5 Å². The Bertz CT molecular complexity index is 643. The maximum atomic E-state index is 13.1. The lowest BCUT2D eigenvalue weighted by Crippen LogP contribution is -2.38. The first kappa shape index (κ1) is 21.2. The molecule has 158 valence electrons. The fourth-order valence-corrected chi connectivity index (χ4v) is 4.36. The highest BCUT2D eigenvalue weighted by Gasteiger charge is 2.32. The monoisotopic (exact) mass is 421 g/mol. The maximum absolute atomic E-state index is 13.1. The number of rotatable bonds is 7. The average molecular weight is 421 g/mol. The summed E-state index contributed by atoms with van der Waals surface area (Å²) in [6.45, 7) is 0.698. The van der Waals surface area contributed by atoms with Crippen molar-refractivity contribution in [3.8, 4) is 0 Å². The standard InChI is InChI=1S/C17H26F3N5O2S/c18-17(19,20)12-25-15(24-7-9-27-10-8-24)22-23-16(25)28-11-6-14(26)21-13-4-2-1-3-5-13/h13H,1-12H2,(H,21,26). The third-order valence-corrected chi connectivity index (χ3v) is 5.83. The summed E-state index contributed by atoms with van der Waals surface area (Å²) in [4.78, 5) is 13.9. The summed E-state index contributed by atoms with van der Waals surface area (Å²) in [6.07, 6.45) is 1.34. The van der Waals surface area contributed by atoms with Crippen molar-refractivity contribution in [2.75, 3.05) is 37.0 Å². The van der Waals surface area contributed by atoms with Gasteiger partial charge in [0, 0.05) is 31.3 Å². The van der Waals surface area contributed by atoms with Crippen LogP contribution in [0.15, 0.2) is 5.16 Å². The Morgan fingerprint density at radius 2 is 1.89 bits per heavy atom.